The predicted molar refractivity (Wildman–Crippen MR) is 194 cm³/mol. The van der Waals surface area contributed by atoms with Crippen molar-refractivity contribution in [3.63, 3.8) is 0 Å². The number of aromatic nitrogens is 4. The number of benzene rings is 2. The Kier molecular flexibility index (Phi) is 13.3. The van der Waals surface area contributed by atoms with Gasteiger partial charge in [-0.3, -0.25) is 14.5 Å². The highest BCUT2D eigenvalue weighted by Gasteiger charge is 2.36. The number of carbonyl (C=O) groups is 2. The maximum absolute atomic E-state index is 13.5. The predicted octanol–water partition coefficient (Wildman–Crippen LogP) is 6.77. The standard InChI is InChI=1S/C37H41F3N6O7S/c1-22-9-6-10-23(2)33(22)28-18-32(45-35(44-28)46-54(50,51)26-12-7-11-24(17-26)34(48)49)52-21-27(41)31(53-37(38,39)40)14-8-13-30(47)29-20-42-25(19-43-29)15-16-36(3,4)5/h6-7,9-12,15-20,27,31H,8,13-14,21,41H2,1-5H3,(H,48,49)(H,44,45,46)/t27-,31+/m0/s1. The Morgan fingerprint density at radius 3 is 2.30 bits per heavy atom. The number of aromatic carboxylic acids is 1. The van der Waals surface area contributed by atoms with Crippen LogP contribution < -0.4 is 15.2 Å². The Morgan fingerprint density at radius 1 is 1.00 bits per heavy atom. The van der Waals surface area contributed by atoms with Gasteiger partial charge in [0.2, 0.25) is 11.8 Å². The Hall–Kier alpha value is -5.26. The van der Waals surface area contributed by atoms with Crippen LogP contribution in [0.15, 0.2) is 71.9 Å². The number of nitrogens with two attached hydrogens (primary N) is 1. The van der Waals surface area contributed by atoms with E-state index in [4.69, 9.17) is 10.5 Å². The summed E-state index contributed by atoms with van der Waals surface area (Å²) in [6.07, 6.45) is -0.677. The monoisotopic (exact) mass is 770 g/mol. The number of hydrogen-bond donors (Lipinski definition) is 3. The molecule has 0 amide bonds. The molecule has 0 aliphatic carbocycles. The van der Waals surface area contributed by atoms with Gasteiger partial charge in [0.25, 0.3) is 10.0 Å². The topological polar surface area (TPSA) is 197 Å². The van der Waals surface area contributed by atoms with Crippen LogP contribution in [-0.4, -0.2) is 70.3 Å². The molecule has 4 aromatic rings. The Balaban J connectivity index is 1.52. The molecule has 0 saturated heterocycles. The molecule has 0 spiro atoms. The molecule has 54 heavy (non-hydrogen) atoms. The zero-order valence-electron chi connectivity index (χ0n) is 30.2. The molecular weight excluding hydrogens is 730 g/mol. The number of allylic oxidation sites excluding steroid dienone is 1. The van der Waals surface area contributed by atoms with E-state index >= 15 is 0 Å². The molecule has 4 rings (SSSR count). The number of nitrogens with one attached hydrogen (secondary N) is 1. The number of rotatable bonds is 16. The third kappa shape index (κ3) is 12.1. The van der Waals surface area contributed by atoms with E-state index in [9.17, 15) is 36.3 Å². The SMILES string of the molecule is Cc1cccc(C)c1-c1cc(OC[C@H](N)[C@@H](CCCC(=O)c2cnc(C=CC(C)(C)C)cn2)OC(F)(F)F)nc(NS(=O)(=O)c2cccc(C(=O)O)c2)n1. The summed E-state index contributed by atoms with van der Waals surface area (Å²) in [4.78, 5) is 40.6. The number of carboxylic acid groups (broad SMARTS) is 1. The first kappa shape index (κ1) is 41.5. The van der Waals surface area contributed by atoms with Crippen molar-refractivity contribution in [3.05, 3.63) is 95.1 Å². The molecule has 2 atom stereocenters. The molecule has 0 saturated carbocycles. The maximum Gasteiger partial charge on any atom is 0.522 e. The van der Waals surface area contributed by atoms with Gasteiger partial charge in [-0.2, -0.15) is 4.98 Å². The minimum absolute atomic E-state index is 0.0279. The van der Waals surface area contributed by atoms with E-state index in [1.807, 2.05) is 32.9 Å². The number of carbonyl (C=O) groups excluding carboxylic acids is 1. The lowest BCUT2D eigenvalue weighted by molar-refractivity contribution is -0.345. The Labute approximate surface area is 310 Å². The third-order valence-electron chi connectivity index (χ3n) is 7.85. The molecule has 2 aromatic carbocycles. The largest absolute Gasteiger partial charge is 0.522 e. The quantitative estimate of drug-likeness (QED) is 0.101. The molecule has 13 nitrogen and oxygen atoms in total. The van der Waals surface area contributed by atoms with Crippen molar-refractivity contribution in [1.29, 1.82) is 0 Å². The molecule has 0 bridgehead atoms. The molecule has 0 aliphatic heterocycles. The summed E-state index contributed by atoms with van der Waals surface area (Å²) in [5, 5.41) is 9.32. The van der Waals surface area contributed by atoms with Gasteiger partial charge in [0.15, 0.2) is 5.78 Å². The summed E-state index contributed by atoms with van der Waals surface area (Å²) in [6.45, 7) is 9.09. The summed E-state index contributed by atoms with van der Waals surface area (Å²) in [7, 11) is -4.42. The molecule has 0 unspecified atom stereocenters. The lowest BCUT2D eigenvalue weighted by Gasteiger charge is -2.25. The number of ether oxygens (including phenoxy) is 2. The van der Waals surface area contributed by atoms with Gasteiger partial charge in [-0.15, -0.1) is 13.2 Å². The van der Waals surface area contributed by atoms with Crippen LogP contribution in [0.1, 0.15) is 77.7 Å². The van der Waals surface area contributed by atoms with E-state index in [1.54, 1.807) is 32.1 Å². The Morgan fingerprint density at radius 2 is 1.69 bits per heavy atom. The number of sulfonamides is 1. The second-order valence-corrected chi connectivity index (χ2v) is 15.2. The van der Waals surface area contributed by atoms with Crippen molar-refractivity contribution in [2.24, 2.45) is 11.1 Å². The fraction of sp³-hybridized carbons (Fsp3) is 0.351. The normalized spacial score (nSPS) is 13.4. The van der Waals surface area contributed by atoms with Crippen molar-refractivity contribution in [2.75, 3.05) is 11.3 Å². The lowest BCUT2D eigenvalue weighted by atomic mass is 9.96. The van der Waals surface area contributed by atoms with Crippen LogP contribution in [0.2, 0.25) is 0 Å². The summed E-state index contributed by atoms with van der Waals surface area (Å²) in [5.41, 5.74) is 8.80. The molecule has 2 heterocycles. The molecule has 2 aromatic heterocycles. The van der Waals surface area contributed by atoms with Gasteiger partial charge in [0.05, 0.1) is 46.4 Å². The van der Waals surface area contributed by atoms with Crippen LogP contribution in [-0.2, 0) is 14.8 Å². The number of Topliss-reactive ketones (excluding diaryl/α,β-unsaturated/α-hetero) is 1. The molecule has 0 aliphatic rings. The second kappa shape index (κ2) is 17.3. The van der Waals surface area contributed by atoms with Gasteiger partial charge in [-0.25, -0.2) is 27.9 Å². The Bertz CT molecular complexity index is 2080. The number of halogens is 3. The third-order valence-corrected chi connectivity index (χ3v) is 9.17. The van der Waals surface area contributed by atoms with Crippen LogP contribution in [0.4, 0.5) is 19.1 Å². The van der Waals surface area contributed by atoms with Gasteiger partial charge in [0, 0.05) is 18.1 Å². The van der Waals surface area contributed by atoms with Gasteiger partial charge in [-0.05, 0) is 67.5 Å². The number of ketones is 1. The fourth-order valence-electron chi connectivity index (χ4n) is 5.18. The highest BCUT2D eigenvalue weighted by molar-refractivity contribution is 7.92. The molecule has 0 radical (unpaired) electrons. The average Bonchev–Trinajstić information content (AvgIpc) is 3.08. The fourth-order valence-corrected chi connectivity index (χ4v) is 6.17. The minimum Gasteiger partial charge on any atom is -0.478 e. The first-order valence-electron chi connectivity index (χ1n) is 16.7. The molecule has 0 fully saturated rings. The first-order valence-corrected chi connectivity index (χ1v) is 18.2. The van der Waals surface area contributed by atoms with Crippen LogP contribution >= 0.6 is 0 Å². The maximum atomic E-state index is 13.5. The number of hydrogen-bond acceptors (Lipinski definition) is 11. The van der Waals surface area contributed by atoms with E-state index < -0.39 is 52.8 Å². The highest BCUT2D eigenvalue weighted by Crippen LogP contribution is 2.30. The summed E-state index contributed by atoms with van der Waals surface area (Å²) < 4.78 is 79.2. The van der Waals surface area contributed by atoms with Gasteiger partial charge < -0.3 is 15.6 Å². The van der Waals surface area contributed by atoms with Crippen LogP contribution in [0, 0.1) is 19.3 Å². The number of anilines is 1. The molecule has 4 N–H and O–H groups in total. The zero-order valence-corrected chi connectivity index (χ0v) is 31.0. The number of nitrogens with zero attached hydrogens (tertiary/aromatic N) is 4. The number of carboxylic acids is 1. The number of alkyl halides is 3. The van der Waals surface area contributed by atoms with E-state index in [0.717, 1.165) is 17.2 Å². The van der Waals surface area contributed by atoms with E-state index in [-0.39, 0.29) is 52.4 Å². The highest BCUT2D eigenvalue weighted by atomic mass is 32.2. The van der Waals surface area contributed by atoms with Crippen LogP contribution in [0.5, 0.6) is 5.88 Å². The van der Waals surface area contributed by atoms with E-state index in [2.05, 4.69) is 29.4 Å². The summed E-state index contributed by atoms with van der Waals surface area (Å²) >= 11 is 0. The van der Waals surface area contributed by atoms with E-state index in [1.165, 1.54) is 36.7 Å². The van der Waals surface area contributed by atoms with Crippen molar-refractivity contribution >= 4 is 33.8 Å². The van der Waals surface area contributed by atoms with Crippen LogP contribution in [0.25, 0.3) is 17.3 Å². The van der Waals surface area contributed by atoms with Crippen molar-refractivity contribution in [1.82, 2.24) is 19.9 Å². The van der Waals surface area contributed by atoms with Gasteiger partial charge >= 0.3 is 12.3 Å². The molecule has 288 valence electrons. The lowest BCUT2D eigenvalue weighted by Crippen LogP contribution is -2.44. The second-order valence-electron chi connectivity index (χ2n) is 13.5. The molecular formula is C37H41F3N6O7S. The van der Waals surface area contributed by atoms with Crippen molar-refractivity contribution < 1.29 is 45.8 Å². The van der Waals surface area contributed by atoms with Gasteiger partial charge in [-0.1, -0.05) is 51.1 Å². The number of aryl methyl sites for hydroxylation is 2. The summed E-state index contributed by atoms with van der Waals surface area (Å²) in [6, 6.07) is 10.1. The minimum atomic E-state index is -5.05. The van der Waals surface area contributed by atoms with Crippen molar-refractivity contribution in [3.8, 4) is 17.1 Å². The molecule has 17 heteroatoms. The smallest absolute Gasteiger partial charge is 0.478 e. The van der Waals surface area contributed by atoms with Crippen LogP contribution in [0.3, 0.4) is 0 Å². The van der Waals surface area contributed by atoms with Crippen molar-refractivity contribution in [2.45, 2.75) is 77.3 Å². The van der Waals surface area contributed by atoms with E-state index in [0.29, 0.717) is 11.3 Å². The zero-order chi connectivity index (χ0) is 39.8. The average molecular weight is 771 g/mol. The van der Waals surface area contributed by atoms with Gasteiger partial charge in [0.1, 0.15) is 12.3 Å². The first-order chi connectivity index (χ1) is 25.2. The summed E-state index contributed by atoms with van der Waals surface area (Å²) in [5.74, 6) is -2.44.